The van der Waals surface area contributed by atoms with Gasteiger partial charge in [-0.05, 0) is 41.3 Å². The van der Waals surface area contributed by atoms with Gasteiger partial charge in [0.2, 0.25) is 11.8 Å². The van der Waals surface area contributed by atoms with Crippen molar-refractivity contribution < 1.29 is 14.3 Å². The van der Waals surface area contributed by atoms with Crippen LogP contribution in [0.25, 0.3) is 0 Å². The van der Waals surface area contributed by atoms with Gasteiger partial charge in [-0.1, -0.05) is 54.6 Å². The van der Waals surface area contributed by atoms with Gasteiger partial charge in [0.1, 0.15) is 0 Å². The van der Waals surface area contributed by atoms with E-state index in [4.69, 9.17) is 4.74 Å². The molecule has 0 aromatic heterocycles. The van der Waals surface area contributed by atoms with Gasteiger partial charge < -0.3 is 20.3 Å². The molecule has 0 aliphatic carbocycles. The first-order valence-electron chi connectivity index (χ1n) is 11.8. The van der Waals surface area contributed by atoms with Gasteiger partial charge in [-0.3, -0.25) is 9.59 Å². The number of nitrogens with zero attached hydrogens (tertiary/aromatic N) is 1. The number of carbonyl (C=O) groups is 2. The number of morpholine rings is 1. The average Bonchev–Trinajstić information content (AvgIpc) is 3.23. The molecular weight excluding hydrogens is 426 g/mol. The smallest absolute Gasteiger partial charge is 0.228 e. The SMILES string of the molecule is Cc1ccc(C(NC(=O)Cc2ccc3c(c2)CC(=O)N3)c2ccccc2)c(N2CCOCC2)c1. The lowest BCUT2D eigenvalue weighted by Gasteiger charge is -2.33. The van der Waals surface area contributed by atoms with Crippen molar-refractivity contribution in [2.24, 2.45) is 0 Å². The summed E-state index contributed by atoms with van der Waals surface area (Å²) in [6.45, 7) is 5.15. The summed E-state index contributed by atoms with van der Waals surface area (Å²) >= 11 is 0. The highest BCUT2D eigenvalue weighted by molar-refractivity contribution is 5.99. The Morgan fingerprint density at radius 3 is 2.65 bits per heavy atom. The summed E-state index contributed by atoms with van der Waals surface area (Å²) in [5, 5.41) is 6.14. The molecule has 2 N–H and O–H groups in total. The van der Waals surface area contributed by atoms with Crippen LogP contribution < -0.4 is 15.5 Å². The summed E-state index contributed by atoms with van der Waals surface area (Å²) in [5.74, 6) is -0.0599. The summed E-state index contributed by atoms with van der Waals surface area (Å²) in [6, 6.07) is 22.0. The van der Waals surface area contributed by atoms with E-state index in [2.05, 4.69) is 52.8 Å². The number of hydrogen-bond acceptors (Lipinski definition) is 4. The van der Waals surface area contributed by atoms with E-state index in [1.807, 2.05) is 36.4 Å². The summed E-state index contributed by atoms with van der Waals surface area (Å²) in [4.78, 5) is 27.3. The van der Waals surface area contributed by atoms with Crippen LogP contribution in [-0.4, -0.2) is 38.1 Å². The van der Waals surface area contributed by atoms with E-state index in [-0.39, 0.29) is 24.3 Å². The molecule has 34 heavy (non-hydrogen) atoms. The summed E-state index contributed by atoms with van der Waals surface area (Å²) in [7, 11) is 0. The van der Waals surface area contributed by atoms with E-state index < -0.39 is 0 Å². The Morgan fingerprint density at radius 2 is 1.85 bits per heavy atom. The number of rotatable bonds is 6. The molecule has 0 radical (unpaired) electrons. The molecule has 6 heteroatoms. The Bertz CT molecular complexity index is 1200. The van der Waals surface area contributed by atoms with Crippen molar-refractivity contribution >= 4 is 23.2 Å². The third-order valence-corrected chi connectivity index (χ3v) is 6.45. The van der Waals surface area contributed by atoms with Crippen LogP contribution in [0.15, 0.2) is 66.7 Å². The van der Waals surface area contributed by atoms with Crippen LogP contribution in [0.1, 0.15) is 33.9 Å². The molecule has 2 aliphatic rings. The molecule has 5 rings (SSSR count). The maximum Gasteiger partial charge on any atom is 0.228 e. The molecule has 1 unspecified atom stereocenters. The van der Waals surface area contributed by atoms with Crippen molar-refractivity contribution in [2.45, 2.75) is 25.8 Å². The van der Waals surface area contributed by atoms with E-state index in [1.54, 1.807) is 0 Å². The monoisotopic (exact) mass is 455 g/mol. The fraction of sp³-hybridized carbons (Fsp3) is 0.286. The minimum Gasteiger partial charge on any atom is -0.378 e. The van der Waals surface area contributed by atoms with Gasteiger partial charge in [0.25, 0.3) is 0 Å². The first-order valence-corrected chi connectivity index (χ1v) is 11.8. The van der Waals surface area contributed by atoms with Gasteiger partial charge in [-0.2, -0.15) is 0 Å². The molecule has 3 aromatic carbocycles. The number of amides is 2. The van der Waals surface area contributed by atoms with Crippen LogP contribution in [0.4, 0.5) is 11.4 Å². The second kappa shape index (κ2) is 9.69. The van der Waals surface area contributed by atoms with Gasteiger partial charge in [0.05, 0.1) is 32.1 Å². The molecule has 1 saturated heterocycles. The number of fused-ring (bicyclic) bond motifs is 1. The number of carbonyl (C=O) groups excluding carboxylic acids is 2. The third kappa shape index (κ3) is 4.82. The second-order valence-corrected chi connectivity index (χ2v) is 8.97. The molecule has 0 bridgehead atoms. The highest BCUT2D eigenvalue weighted by Gasteiger charge is 2.24. The number of nitrogens with one attached hydrogen (secondary N) is 2. The fourth-order valence-corrected chi connectivity index (χ4v) is 4.75. The van der Waals surface area contributed by atoms with E-state index >= 15 is 0 Å². The lowest BCUT2D eigenvalue weighted by atomic mass is 9.94. The normalized spacial score (nSPS) is 16.0. The van der Waals surface area contributed by atoms with E-state index in [1.165, 1.54) is 5.56 Å². The number of benzene rings is 3. The van der Waals surface area contributed by atoms with E-state index in [9.17, 15) is 9.59 Å². The molecule has 174 valence electrons. The fourth-order valence-electron chi connectivity index (χ4n) is 4.75. The zero-order valence-electron chi connectivity index (χ0n) is 19.3. The van der Waals surface area contributed by atoms with Crippen LogP contribution in [0, 0.1) is 6.92 Å². The Kier molecular flexibility index (Phi) is 6.32. The topological polar surface area (TPSA) is 70.7 Å². The van der Waals surface area contributed by atoms with Crippen molar-refractivity contribution in [1.82, 2.24) is 5.32 Å². The third-order valence-electron chi connectivity index (χ3n) is 6.45. The number of ether oxygens (including phenoxy) is 1. The van der Waals surface area contributed by atoms with Crippen molar-refractivity contribution in [3.63, 3.8) is 0 Å². The number of hydrogen-bond donors (Lipinski definition) is 2. The quantitative estimate of drug-likeness (QED) is 0.594. The van der Waals surface area contributed by atoms with Crippen LogP contribution in [0.3, 0.4) is 0 Å². The highest BCUT2D eigenvalue weighted by Crippen LogP contribution is 2.33. The minimum atomic E-state index is -0.273. The average molecular weight is 456 g/mol. The van der Waals surface area contributed by atoms with Gasteiger partial charge in [0, 0.05) is 30.0 Å². The number of aryl methyl sites for hydroxylation is 1. The van der Waals surface area contributed by atoms with E-state index in [0.29, 0.717) is 19.6 Å². The van der Waals surface area contributed by atoms with Crippen molar-refractivity contribution in [2.75, 3.05) is 36.5 Å². The molecule has 6 nitrogen and oxygen atoms in total. The molecule has 2 aliphatic heterocycles. The van der Waals surface area contributed by atoms with Crippen LogP contribution in [0.5, 0.6) is 0 Å². The van der Waals surface area contributed by atoms with Gasteiger partial charge in [0.15, 0.2) is 0 Å². The summed E-state index contributed by atoms with van der Waals surface area (Å²) in [6.07, 6.45) is 0.618. The second-order valence-electron chi connectivity index (χ2n) is 8.97. The maximum atomic E-state index is 13.3. The van der Waals surface area contributed by atoms with Crippen LogP contribution >= 0.6 is 0 Å². The molecule has 0 spiro atoms. The Balaban J connectivity index is 1.43. The molecular formula is C28H29N3O3. The Hall–Kier alpha value is -3.64. The first kappa shape index (κ1) is 22.2. The Labute approximate surface area is 199 Å². The van der Waals surface area contributed by atoms with Crippen LogP contribution in [0.2, 0.25) is 0 Å². The van der Waals surface area contributed by atoms with Gasteiger partial charge in [-0.25, -0.2) is 0 Å². The molecule has 1 fully saturated rings. The standard InChI is InChI=1S/C28H29N3O3/c1-19-7-9-23(25(15-19)31-11-13-34-14-12-31)28(21-5-3-2-4-6-21)30-26(32)17-20-8-10-24-22(16-20)18-27(33)29-24/h2-10,15-16,28H,11-14,17-18H2,1H3,(H,29,33)(H,30,32). The minimum absolute atomic E-state index is 0.00393. The molecule has 1 atom stereocenters. The van der Waals surface area contributed by atoms with Crippen molar-refractivity contribution in [3.8, 4) is 0 Å². The lowest BCUT2D eigenvalue weighted by molar-refractivity contribution is -0.121. The zero-order valence-corrected chi connectivity index (χ0v) is 19.3. The Morgan fingerprint density at radius 1 is 1.06 bits per heavy atom. The predicted molar refractivity (Wildman–Crippen MR) is 133 cm³/mol. The van der Waals surface area contributed by atoms with Gasteiger partial charge >= 0.3 is 0 Å². The highest BCUT2D eigenvalue weighted by atomic mass is 16.5. The van der Waals surface area contributed by atoms with Gasteiger partial charge in [-0.15, -0.1) is 0 Å². The predicted octanol–water partition coefficient (Wildman–Crippen LogP) is 3.77. The lowest BCUT2D eigenvalue weighted by Crippen LogP contribution is -2.38. The zero-order chi connectivity index (χ0) is 23.5. The molecule has 3 aromatic rings. The molecule has 2 amide bonds. The van der Waals surface area contributed by atoms with Crippen molar-refractivity contribution in [1.29, 1.82) is 0 Å². The first-order chi connectivity index (χ1) is 16.6. The molecule has 0 saturated carbocycles. The van der Waals surface area contributed by atoms with E-state index in [0.717, 1.165) is 46.7 Å². The summed E-state index contributed by atoms with van der Waals surface area (Å²) in [5.41, 5.74) is 7.13. The molecule has 2 heterocycles. The number of anilines is 2. The largest absolute Gasteiger partial charge is 0.378 e. The maximum absolute atomic E-state index is 13.3. The van der Waals surface area contributed by atoms with Crippen LogP contribution in [-0.2, 0) is 27.2 Å². The summed E-state index contributed by atoms with van der Waals surface area (Å²) < 4.78 is 5.57. The van der Waals surface area contributed by atoms with Crippen molar-refractivity contribution in [3.05, 3.63) is 94.5 Å².